The average Bonchev–Trinajstić information content (AvgIpc) is 3.27. The standard InChI is InChI=1S/C16H22N6O2/c1-17-16(19-12-14-18-5-6-20(14)2)22-9-7-21(8-10-22)15(23)13-4-3-11-24-13/h3-6,11H,7-10,12H2,1-2H3,(H,17,19). The third-order valence-corrected chi connectivity index (χ3v) is 4.14. The molecule has 1 fully saturated rings. The van der Waals surface area contributed by atoms with E-state index in [1.165, 1.54) is 6.26 Å². The van der Waals surface area contributed by atoms with Crippen LogP contribution in [0.5, 0.6) is 0 Å². The van der Waals surface area contributed by atoms with Crippen LogP contribution in [0.4, 0.5) is 0 Å². The van der Waals surface area contributed by atoms with Gasteiger partial charge in [-0.15, -0.1) is 0 Å². The summed E-state index contributed by atoms with van der Waals surface area (Å²) in [5.74, 6) is 2.10. The third-order valence-electron chi connectivity index (χ3n) is 4.14. The first-order chi connectivity index (χ1) is 11.7. The van der Waals surface area contributed by atoms with Crippen LogP contribution < -0.4 is 5.32 Å². The molecule has 3 rings (SSSR count). The fourth-order valence-electron chi connectivity index (χ4n) is 2.73. The van der Waals surface area contributed by atoms with Gasteiger partial charge >= 0.3 is 0 Å². The van der Waals surface area contributed by atoms with Crippen molar-refractivity contribution in [1.29, 1.82) is 0 Å². The van der Waals surface area contributed by atoms with Crippen LogP contribution in [-0.4, -0.2) is 64.4 Å². The molecule has 8 nitrogen and oxygen atoms in total. The number of amides is 1. The maximum Gasteiger partial charge on any atom is 0.289 e. The number of aromatic nitrogens is 2. The Hall–Kier alpha value is -2.77. The number of imidazole rings is 1. The highest BCUT2D eigenvalue weighted by Gasteiger charge is 2.25. The Balaban J connectivity index is 1.53. The molecule has 0 spiro atoms. The Morgan fingerprint density at radius 2 is 2.08 bits per heavy atom. The minimum Gasteiger partial charge on any atom is -0.459 e. The van der Waals surface area contributed by atoms with E-state index in [9.17, 15) is 4.79 Å². The van der Waals surface area contributed by atoms with E-state index < -0.39 is 0 Å². The lowest BCUT2D eigenvalue weighted by Gasteiger charge is -2.36. The van der Waals surface area contributed by atoms with E-state index in [0.717, 1.165) is 24.9 Å². The van der Waals surface area contributed by atoms with Gasteiger partial charge in [0, 0.05) is 52.7 Å². The summed E-state index contributed by atoms with van der Waals surface area (Å²) in [5, 5.41) is 3.32. The van der Waals surface area contributed by atoms with Crippen LogP contribution in [0.1, 0.15) is 16.4 Å². The van der Waals surface area contributed by atoms with Gasteiger partial charge in [0.05, 0.1) is 12.8 Å². The SMILES string of the molecule is CN=C(NCc1nccn1C)N1CCN(C(=O)c2ccco2)CC1. The maximum absolute atomic E-state index is 12.3. The topological polar surface area (TPSA) is 78.9 Å². The number of furan rings is 1. The minimum atomic E-state index is -0.0596. The van der Waals surface area contributed by atoms with Crippen molar-refractivity contribution in [3.05, 3.63) is 42.4 Å². The Kier molecular flexibility index (Phi) is 4.83. The van der Waals surface area contributed by atoms with Gasteiger partial charge in [0.15, 0.2) is 11.7 Å². The van der Waals surface area contributed by atoms with E-state index >= 15 is 0 Å². The van der Waals surface area contributed by atoms with E-state index in [4.69, 9.17) is 4.42 Å². The number of carbonyl (C=O) groups excluding carboxylic acids is 1. The van der Waals surface area contributed by atoms with Crippen molar-refractivity contribution < 1.29 is 9.21 Å². The van der Waals surface area contributed by atoms with Gasteiger partial charge in [0.2, 0.25) is 0 Å². The number of aryl methyl sites for hydroxylation is 1. The molecule has 0 bridgehead atoms. The lowest BCUT2D eigenvalue weighted by atomic mass is 10.3. The minimum absolute atomic E-state index is 0.0596. The Morgan fingerprint density at radius 1 is 1.33 bits per heavy atom. The van der Waals surface area contributed by atoms with Crippen LogP contribution in [0.3, 0.4) is 0 Å². The lowest BCUT2D eigenvalue weighted by molar-refractivity contribution is 0.0657. The molecule has 128 valence electrons. The molecular weight excluding hydrogens is 308 g/mol. The summed E-state index contributed by atoms with van der Waals surface area (Å²) in [6.07, 6.45) is 5.21. The molecule has 3 heterocycles. The van der Waals surface area contributed by atoms with Gasteiger partial charge in [-0.05, 0) is 12.1 Å². The molecule has 24 heavy (non-hydrogen) atoms. The molecule has 1 aliphatic heterocycles. The van der Waals surface area contributed by atoms with Crippen molar-refractivity contribution >= 4 is 11.9 Å². The number of nitrogens with zero attached hydrogens (tertiary/aromatic N) is 5. The normalized spacial score (nSPS) is 15.7. The summed E-state index contributed by atoms with van der Waals surface area (Å²) in [6.45, 7) is 3.35. The van der Waals surface area contributed by atoms with Crippen molar-refractivity contribution in [1.82, 2.24) is 24.7 Å². The molecule has 2 aromatic heterocycles. The molecule has 0 aliphatic carbocycles. The first kappa shape index (κ1) is 16.1. The highest BCUT2D eigenvalue weighted by atomic mass is 16.3. The largest absolute Gasteiger partial charge is 0.459 e. The molecule has 0 saturated carbocycles. The lowest BCUT2D eigenvalue weighted by Crippen LogP contribution is -2.53. The first-order valence-electron chi connectivity index (χ1n) is 7.93. The van der Waals surface area contributed by atoms with Crippen molar-refractivity contribution in [3.63, 3.8) is 0 Å². The zero-order chi connectivity index (χ0) is 16.9. The van der Waals surface area contributed by atoms with E-state index in [0.29, 0.717) is 25.4 Å². The van der Waals surface area contributed by atoms with E-state index in [1.807, 2.05) is 17.8 Å². The summed E-state index contributed by atoms with van der Waals surface area (Å²) < 4.78 is 7.16. The zero-order valence-electron chi connectivity index (χ0n) is 14.0. The summed E-state index contributed by atoms with van der Waals surface area (Å²) in [4.78, 5) is 24.9. The maximum atomic E-state index is 12.3. The van der Waals surface area contributed by atoms with Crippen molar-refractivity contribution in [3.8, 4) is 0 Å². The number of guanidine groups is 1. The van der Waals surface area contributed by atoms with Gasteiger partial charge in [-0.25, -0.2) is 4.98 Å². The number of nitrogens with one attached hydrogen (secondary N) is 1. The summed E-state index contributed by atoms with van der Waals surface area (Å²) in [7, 11) is 3.73. The highest BCUT2D eigenvalue weighted by molar-refractivity contribution is 5.91. The van der Waals surface area contributed by atoms with Crippen molar-refractivity contribution in [2.24, 2.45) is 12.0 Å². The van der Waals surface area contributed by atoms with Crippen LogP contribution >= 0.6 is 0 Å². The Morgan fingerprint density at radius 3 is 2.67 bits per heavy atom. The number of piperazine rings is 1. The molecule has 2 aromatic rings. The molecule has 1 saturated heterocycles. The number of hydrogen-bond donors (Lipinski definition) is 1. The molecule has 0 unspecified atom stereocenters. The quantitative estimate of drug-likeness (QED) is 0.657. The van der Waals surface area contributed by atoms with Crippen molar-refractivity contribution in [2.75, 3.05) is 33.2 Å². The fraction of sp³-hybridized carbons (Fsp3) is 0.438. The second-order valence-electron chi connectivity index (χ2n) is 5.61. The molecule has 0 atom stereocenters. The van der Waals surface area contributed by atoms with Crippen LogP contribution in [0.25, 0.3) is 0 Å². The molecular formula is C16H22N6O2. The van der Waals surface area contributed by atoms with Gasteiger partial charge in [0.1, 0.15) is 5.82 Å². The van der Waals surface area contributed by atoms with Gasteiger partial charge in [-0.2, -0.15) is 0 Å². The average molecular weight is 330 g/mol. The zero-order valence-corrected chi connectivity index (χ0v) is 14.0. The van der Waals surface area contributed by atoms with E-state index in [2.05, 4.69) is 20.2 Å². The van der Waals surface area contributed by atoms with E-state index in [-0.39, 0.29) is 5.91 Å². The molecule has 1 aliphatic rings. The Labute approximate surface area is 140 Å². The second kappa shape index (κ2) is 7.20. The fourth-order valence-corrected chi connectivity index (χ4v) is 2.73. The smallest absolute Gasteiger partial charge is 0.289 e. The van der Waals surface area contributed by atoms with Gasteiger partial charge in [0.25, 0.3) is 5.91 Å². The summed E-state index contributed by atoms with van der Waals surface area (Å²) in [5.41, 5.74) is 0. The number of hydrogen-bond acceptors (Lipinski definition) is 4. The third kappa shape index (κ3) is 3.42. The van der Waals surface area contributed by atoms with Crippen LogP contribution in [-0.2, 0) is 13.6 Å². The van der Waals surface area contributed by atoms with Gasteiger partial charge in [-0.1, -0.05) is 0 Å². The number of rotatable bonds is 3. The second-order valence-corrected chi connectivity index (χ2v) is 5.61. The van der Waals surface area contributed by atoms with Crippen molar-refractivity contribution in [2.45, 2.75) is 6.54 Å². The predicted octanol–water partition coefficient (Wildman–Crippen LogP) is 0.547. The molecule has 0 radical (unpaired) electrons. The summed E-state index contributed by atoms with van der Waals surface area (Å²) >= 11 is 0. The monoisotopic (exact) mass is 330 g/mol. The Bertz CT molecular complexity index is 698. The molecule has 1 amide bonds. The molecule has 0 aromatic carbocycles. The van der Waals surface area contributed by atoms with Crippen LogP contribution in [0, 0.1) is 0 Å². The van der Waals surface area contributed by atoms with Crippen LogP contribution in [0.2, 0.25) is 0 Å². The van der Waals surface area contributed by atoms with E-state index in [1.54, 1.807) is 30.3 Å². The molecule has 1 N–H and O–H groups in total. The molecule has 8 heteroatoms. The highest BCUT2D eigenvalue weighted by Crippen LogP contribution is 2.09. The summed E-state index contributed by atoms with van der Waals surface area (Å²) in [6, 6.07) is 3.43. The van der Waals surface area contributed by atoms with Crippen LogP contribution in [0.15, 0.2) is 40.2 Å². The number of carbonyl (C=O) groups is 1. The predicted molar refractivity (Wildman–Crippen MR) is 89.6 cm³/mol. The number of aliphatic imine (C=N–C) groups is 1. The van der Waals surface area contributed by atoms with Gasteiger partial charge < -0.3 is 24.1 Å². The van der Waals surface area contributed by atoms with Gasteiger partial charge in [-0.3, -0.25) is 9.79 Å². The first-order valence-corrected chi connectivity index (χ1v) is 7.93.